The monoisotopic (exact) mass is 369 g/mol. The number of nitrogens with one attached hydrogen (secondary N) is 1. The minimum atomic E-state index is -0.415. The van der Waals surface area contributed by atoms with Gasteiger partial charge in [-0.05, 0) is 49.5 Å². The Kier molecular flexibility index (Phi) is 5.48. The van der Waals surface area contributed by atoms with Crippen molar-refractivity contribution in [1.29, 1.82) is 0 Å². The van der Waals surface area contributed by atoms with Gasteiger partial charge in [0.15, 0.2) is 0 Å². The van der Waals surface area contributed by atoms with Gasteiger partial charge in [0.1, 0.15) is 0 Å². The van der Waals surface area contributed by atoms with Gasteiger partial charge < -0.3 is 10.2 Å². The van der Waals surface area contributed by atoms with E-state index in [9.17, 15) is 9.59 Å². The lowest BCUT2D eigenvalue weighted by Crippen LogP contribution is -2.54. The first-order chi connectivity index (χ1) is 13.1. The molecule has 1 N–H and O–H groups in total. The summed E-state index contributed by atoms with van der Waals surface area (Å²) in [6.45, 7) is 5.86. The Labute approximate surface area is 162 Å². The number of carbonyl (C=O) groups is 2. The summed E-state index contributed by atoms with van der Waals surface area (Å²) in [5.41, 5.74) is 1.29. The lowest BCUT2D eigenvalue weighted by molar-refractivity contribution is -0.147. The topological polar surface area (TPSA) is 52.7 Å². The largest absolute Gasteiger partial charge is 0.345 e. The molecule has 27 heavy (non-hydrogen) atoms. The van der Waals surface area contributed by atoms with Gasteiger partial charge in [-0.25, -0.2) is 0 Å². The Morgan fingerprint density at radius 1 is 1.07 bits per heavy atom. The molecule has 1 aromatic carbocycles. The average molecular weight is 370 g/mol. The molecule has 1 heterocycles. The van der Waals surface area contributed by atoms with E-state index < -0.39 is 5.91 Å². The molecule has 4 atom stereocenters. The zero-order valence-electron chi connectivity index (χ0n) is 16.3. The van der Waals surface area contributed by atoms with Gasteiger partial charge in [-0.3, -0.25) is 14.5 Å². The molecule has 1 saturated heterocycles. The highest BCUT2D eigenvalue weighted by molar-refractivity contribution is 6.35. The number of benzene rings is 1. The van der Waals surface area contributed by atoms with Crippen LogP contribution in [-0.4, -0.2) is 53.8 Å². The van der Waals surface area contributed by atoms with Crippen molar-refractivity contribution >= 4 is 11.8 Å². The number of rotatable bonds is 4. The summed E-state index contributed by atoms with van der Waals surface area (Å²) in [7, 11) is 0. The van der Waals surface area contributed by atoms with Crippen molar-refractivity contribution in [2.24, 2.45) is 17.8 Å². The Bertz CT molecular complexity index is 669. The molecule has 2 aliphatic carbocycles. The second kappa shape index (κ2) is 8.01. The molecule has 2 saturated carbocycles. The standard InChI is InChI=1S/C22H31N3O2/c1-16(20-14-18-7-8-19(20)13-18)23-21(26)22(27)25-11-9-24(10-12-25)15-17-5-3-2-4-6-17/h2-6,16,18-20H,7-15H2,1H3,(H,23,26). The number of nitrogens with zero attached hydrogens (tertiary/aromatic N) is 2. The number of amides is 2. The molecule has 1 aliphatic heterocycles. The molecule has 5 heteroatoms. The first-order valence-corrected chi connectivity index (χ1v) is 10.5. The smallest absolute Gasteiger partial charge is 0.311 e. The van der Waals surface area contributed by atoms with E-state index in [0.717, 1.165) is 31.5 Å². The molecule has 1 aromatic rings. The van der Waals surface area contributed by atoms with E-state index >= 15 is 0 Å². The number of hydrogen-bond acceptors (Lipinski definition) is 3. The summed E-state index contributed by atoms with van der Waals surface area (Å²) in [5, 5.41) is 3.01. The summed E-state index contributed by atoms with van der Waals surface area (Å²) < 4.78 is 0. The average Bonchev–Trinajstić information content (AvgIpc) is 3.32. The van der Waals surface area contributed by atoms with Crippen LogP contribution in [0.3, 0.4) is 0 Å². The second-order valence-electron chi connectivity index (χ2n) is 8.65. The van der Waals surface area contributed by atoms with Crippen LogP contribution >= 0.6 is 0 Å². The predicted molar refractivity (Wildman–Crippen MR) is 105 cm³/mol. The molecule has 2 bridgehead atoms. The molecule has 3 fully saturated rings. The van der Waals surface area contributed by atoms with Crippen LogP contribution in [0.1, 0.15) is 38.2 Å². The van der Waals surface area contributed by atoms with E-state index in [0.29, 0.717) is 19.0 Å². The lowest BCUT2D eigenvalue weighted by Gasteiger charge is -2.35. The zero-order chi connectivity index (χ0) is 18.8. The molecule has 0 aromatic heterocycles. The molecule has 5 nitrogen and oxygen atoms in total. The minimum Gasteiger partial charge on any atom is -0.345 e. The summed E-state index contributed by atoms with van der Waals surface area (Å²) in [5.74, 6) is 1.39. The highest BCUT2D eigenvalue weighted by atomic mass is 16.2. The first-order valence-electron chi connectivity index (χ1n) is 10.5. The number of fused-ring (bicyclic) bond motifs is 2. The number of carbonyl (C=O) groups excluding carboxylic acids is 2. The van der Waals surface area contributed by atoms with Crippen LogP contribution in [0.5, 0.6) is 0 Å². The fourth-order valence-corrected chi connectivity index (χ4v) is 5.38. The maximum Gasteiger partial charge on any atom is 0.311 e. The molecule has 0 radical (unpaired) electrons. The van der Waals surface area contributed by atoms with Gasteiger partial charge in [0.05, 0.1) is 0 Å². The van der Waals surface area contributed by atoms with Gasteiger partial charge in [-0.2, -0.15) is 0 Å². The maximum absolute atomic E-state index is 12.6. The van der Waals surface area contributed by atoms with Crippen LogP contribution < -0.4 is 5.32 Å². The van der Waals surface area contributed by atoms with Gasteiger partial charge in [-0.15, -0.1) is 0 Å². The van der Waals surface area contributed by atoms with Crippen molar-refractivity contribution in [2.75, 3.05) is 26.2 Å². The Morgan fingerprint density at radius 3 is 2.44 bits per heavy atom. The second-order valence-corrected chi connectivity index (χ2v) is 8.65. The Hall–Kier alpha value is -1.88. The third-order valence-electron chi connectivity index (χ3n) is 6.90. The molecular weight excluding hydrogens is 338 g/mol. The van der Waals surface area contributed by atoms with Crippen molar-refractivity contribution in [2.45, 2.75) is 45.2 Å². The first kappa shape index (κ1) is 18.5. The third kappa shape index (κ3) is 4.18. The highest BCUT2D eigenvalue weighted by Gasteiger charge is 2.42. The van der Waals surface area contributed by atoms with Crippen LogP contribution in [-0.2, 0) is 16.1 Å². The van der Waals surface area contributed by atoms with Crippen LogP contribution in [0.25, 0.3) is 0 Å². The van der Waals surface area contributed by atoms with E-state index in [1.807, 2.05) is 6.07 Å². The van der Waals surface area contributed by atoms with Crippen molar-refractivity contribution in [1.82, 2.24) is 15.1 Å². The van der Waals surface area contributed by atoms with Gasteiger partial charge in [0, 0.05) is 38.8 Å². The zero-order valence-corrected chi connectivity index (χ0v) is 16.3. The molecule has 146 valence electrons. The molecular formula is C22H31N3O2. The van der Waals surface area contributed by atoms with Gasteiger partial charge in [-0.1, -0.05) is 36.8 Å². The van der Waals surface area contributed by atoms with Crippen molar-refractivity contribution in [3.8, 4) is 0 Å². The van der Waals surface area contributed by atoms with Gasteiger partial charge in [0.2, 0.25) is 0 Å². The lowest BCUT2D eigenvalue weighted by atomic mass is 9.84. The van der Waals surface area contributed by atoms with Gasteiger partial charge >= 0.3 is 11.8 Å². The fraction of sp³-hybridized carbons (Fsp3) is 0.636. The van der Waals surface area contributed by atoms with E-state index in [1.54, 1.807) is 4.90 Å². The van der Waals surface area contributed by atoms with Crippen molar-refractivity contribution < 1.29 is 9.59 Å². The normalized spacial score (nSPS) is 28.9. The van der Waals surface area contributed by atoms with Crippen LogP contribution in [0.2, 0.25) is 0 Å². The summed E-state index contributed by atoms with van der Waals surface area (Å²) >= 11 is 0. The highest BCUT2D eigenvalue weighted by Crippen LogP contribution is 2.49. The maximum atomic E-state index is 12.6. The van der Waals surface area contributed by atoms with Crippen molar-refractivity contribution in [3.05, 3.63) is 35.9 Å². The van der Waals surface area contributed by atoms with E-state index in [2.05, 4.69) is 41.4 Å². The van der Waals surface area contributed by atoms with E-state index in [-0.39, 0.29) is 11.9 Å². The quantitative estimate of drug-likeness (QED) is 0.829. The molecule has 0 spiro atoms. The summed E-state index contributed by atoms with van der Waals surface area (Å²) in [6, 6.07) is 10.5. The summed E-state index contributed by atoms with van der Waals surface area (Å²) in [4.78, 5) is 29.1. The molecule has 2 amide bonds. The summed E-state index contributed by atoms with van der Waals surface area (Å²) in [6.07, 6.45) is 5.20. The van der Waals surface area contributed by atoms with Crippen molar-refractivity contribution in [3.63, 3.8) is 0 Å². The predicted octanol–water partition coefficient (Wildman–Crippen LogP) is 2.27. The van der Waals surface area contributed by atoms with Crippen LogP contribution in [0.4, 0.5) is 0 Å². The third-order valence-corrected chi connectivity index (χ3v) is 6.90. The molecule has 4 rings (SSSR count). The fourth-order valence-electron chi connectivity index (χ4n) is 5.38. The van der Waals surface area contributed by atoms with Crippen LogP contribution in [0, 0.1) is 17.8 Å². The Balaban J connectivity index is 1.23. The molecule has 3 aliphatic rings. The number of piperazine rings is 1. The minimum absolute atomic E-state index is 0.108. The van der Waals surface area contributed by atoms with Crippen LogP contribution in [0.15, 0.2) is 30.3 Å². The Morgan fingerprint density at radius 2 is 1.81 bits per heavy atom. The van der Waals surface area contributed by atoms with Gasteiger partial charge in [0.25, 0.3) is 0 Å². The SMILES string of the molecule is CC(NC(=O)C(=O)N1CCN(Cc2ccccc2)CC1)C1CC2CCC1C2. The molecule has 4 unspecified atom stereocenters. The van der Waals surface area contributed by atoms with E-state index in [4.69, 9.17) is 0 Å². The number of hydrogen-bond donors (Lipinski definition) is 1. The van der Waals surface area contributed by atoms with E-state index in [1.165, 1.54) is 31.2 Å².